The fourth-order valence-electron chi connectivity index (χ4n) is 2.65. The molecule has 0 aromatic carbocycles. The second kappa shape index (κ2) is 5.29. The van der Waals surface area contributed by atoms with Gasteiger partial charge in [0.25, 0.3) is 0 Å². The number of hydrogen-bond acceptors (Lipinski definition) is 8. The van der Waals surface area contributed by atoms with Crippen LogP contribution in [-0.2, 0) is 4.74 Å². The van der Waals surface area contributed by atoms with Crippen LogP contribution in [0.5, 0.6) is 0 Å². The molecule has 22 heavy (non-hydrogen) atoms. The molecular formula is C13H17N5O4. The Morgan fingerprint density at radius 2 is 2.27 bits per heavy atom. The molecule has 0 bridgehead atoms. The highest BCUT2D eigenvalue weighted by Crippen LogP contribution is 2.40. The van der Waals surface area contributed by atoms with Crippen LogP contribution in [0.2, 0.25) is 0 Å². The molecular weight excluding hydrogens is 290 g/mol. The van der Waals surface area contributed by atoms with Gasteiger partial charge in [-0.25, -0.2) is 15.0 Å². The summed E-state index contributed by atoms with van der Waals surface area (Å²) in [5.41, 5.74) is -0.844. The highest BCUT2D eigenvalue weighted by molar-refractivity contribution is 5.82. The second-order valence-corrected chi connectivity index (χ2v) is 5.04. The Morgan fingerprint density at radius 3 is 2.91 bits per heavy atom. The van der Waals surface area contributed by atoms with E-state index in [-0.39, 0.29) is 0 Å². The van der Waals surface area contributed by atoms with Gasteiger partial charge in [0.05, 0.1) is 12.9 Å². The maximum absolute atomic E-state index is 10.7. The Labute approximate surface area is 125 Å². The van der Waals surface area contributed by atoms with E-state index in [1.165, 1.54) is 23.3 Å². The summed E-state index contributed by atoms with van der Waals surface area (Å²) in [5, 5.41) is 33.0. The second-order valence-electron chi connectivity index (χ2n) is 5.04. The van der Waals surface area contributed by atoms with Gasteiger partial charge in [0.15, 0.2) is 23.3 Å². The molecule has 0 unspecified atom stereocenters. The van der Waals surface area contributed by atoms with Crippen molar-refractivity contribution >= 4 is 17.0 Å². The van der Waals surface area contributed by atoms with Gasteiger partial charge < -0.3 is 25.4 Å². The zero-order chi connectivity index (χ0) is 15.9. The summed E-state index contributed by atoms with van der Waals surface area (Å²) in [6.45, 7) is 3.12. The third kappa shape index (κ3) is 1.91. The lowest BCUT2D eigenvalue weighted by Crippen LogP contribution is -2.45. The van der Waals surface area contributed by atoms with E-state index in [0.717, 1.165) is 0 Å². The van der Waals surface area contributed by atoms with Crippen LogP contribution in [0.15, 0.2) is 25.3 Å². The van der Waals surface area contributed by atoms with E-state index in [2.05, 4.69) is 26.8 Å². The Balaban J connectivity index is 2.12. The average Bonchev–Trinajstić information content (AvgIpc) is 3.08. The van der Waals surface area contributed by atoms with Crippen LogP contribution < -0.4 is 5.32 Å². The first-order valence-corrected chi connectivity index (χ1v) is 6.72. The van der Waals surface area contributed by atoms with Crippen LogP contribution in [0.1, 0.15) is 6.23 Å². The lowest BCUT2D eigenvalue weighted by molar-refractivity contribution is -0.0771. The summed E-state index contributed by atoms with van der Waals surface area (Å²) in [6, 6.07) is 0. The number of rotatable bonds is 4. The summed E-state index contributed by atoms with van der Waals surface area (Å²) in [6.07, 6.45) is 0.727. The monoisotopic (exact) mass is 307 g/mol. The zero-order valence-corrected chi connectivity index (χ0v) is 11.9. The third-order valence-electron chi connectivity index (χ3n) is 3.88. The molecule has 1 fully saturated rings. The van der Waals surface area contributed by atoms with Crippen molar-refractivity contribution in [3.05, 3.63) is 25.3 Å². The zero-order valence-electron chi connectivity index (χ0n) is 11.9. The van der Waals surface area contributed by atoms with Crippen LogP contribution in [0.4, 0.5) is 5.82 Å². The van der Waals surface area contributed by atoms with Crippen molar-refractivity contribution in [2.75, 3.05) is 19.0 Å². The molecule has 9 heteroatoms. The number of anilines is 1. The first-order valence-electron chi connectivity index (χ1n) is 6.72. The fourth-order valence-corrected chi connectivity index (χ4v) is 2.65. The van der Waals surface area contributed by atoms with Crippen molar-refractivity contribution in [3.63, 3.8) is 0 Å². The number of aliphatic hydroxyl groups is 3. The molecule has 118 valence electrons. The summed E-state index contributed by atoms with van der Waals surface area (Å²) < 4.78 is 7.06. The van der Waals surface area contributed by atoms with E-state index in [1.807, 2.05) is 0 Å². The molecule has 0 saturated carbocycles. The lowest BCUT2D eigenvalue weighted by atomic mass is 9.94. The third-order valence-corrected chi connectivity index (χ3v) is 3.88. The fraction of sp³-hybridized carbons (Fsp3) is 0.462. The van der Waals surface area contributed by atoms with Gasteiger partial charge in [-0.2, -0.15) is 0 Å². The molecule has 1 saturated heterocycles. The van der Waals surface area contributed by atoms with E-state index in [0.29, 0.717) is 17.0 Å². The van der Waals surface area contributed by atoms with E-state index in [9.17, 15) is 15.3 Å². The number of hydrogen-bond donors (Lipinski definition) is 4. The number of nitrogens with zero attached hydrogens (tertiary/aromatic N) is 4. The minimum absolute atomic E-state index is 0.426. The Hall–Kier alpha value is -2.07. The smallest absolute Gasteiger partial charge is 0.172 e. The normalized spacial score (nSPS) is 31.5. The van der Waals surface area contributed by atoms with E-state index >= 15 is 0 Å². The molecule has 1 aliphatic rings. The summed E-state index contributed by atoms with van der Waals surface area (Å²) in [4.78, 5) is 12.4. The molecule has 2 aromatic heterocycles. The molecule has 3 rings (SSSR count). The molecule has 9 nitrogen and oxygen atoms in total. The largest absolute Gasteiger partial charge is 0.394 e. The predicted octanol–water partition coefficient (Wildman–Crippen LogP) is -0.964. The molecule has 4 N–H and O–H groups in total. The molecule has 0 radical (unpaired) electrons. The van der Waals surface area contributed by atoms with Crippen molar-refractivity contribution < 1.29 is 20.1 Å². The quantitative estimate of drug-likeness (QED) is 0.532. The van der Waals surface area contributed by atoms with Crippen molar-refractivity contribution in [1.29, 1.82) is 0 Å². The molecule has 4 atom stereocenters. The van der Waals surface area contributed by atoms with Crippen LogP contribution in [-0.4, -0.2) is 66.3 Å². The summed E-state index contributed by atoms with van der Waals surface area (Å²) >= 11 is 0. The lowest BCUT2D eigenvalue weighted by Gasteiger charge is -2.28. The van der Waals surface area contributed by atoms with Gasteiger partial charge in [-0.3, -0.25) is 4.57 Å². The number of aliphatic hydroxyl groups excluding tert-OH is 2. The predicted molar refractivity (Wildman–Crippen MR) is 77.0 cm³/mol. The van der Waals surface area contributed by atoms with Gasteiger partial charge in [0, 0.05) is 7.05 Å². The molecule has 3 heterocycles. The number of aromatic nitrogens is 4. The number of ether oxygens (including phenoxy) is 1. The van der Waals surface area contributed by atoms with Gasteiger partial charge >= 0.3 is 0 Å². The van der Waals surface area contributed by atoms with E-state index in [4.69, 9.17) is 4.74 Å². The molecule has 2 aromatic rings. The van der Waals surface area contributed by atoms with E-state index in [1.54, 1.807) is 7.05 Å². The molecule has 1 aliphatic heterocycles. The average molecular weight is 307 g/mol. The molecule has 0 amide bonds. The van der Waals surface area contributed by atoms with Gasteiger partial charge in [-0.05, 0) is 0 Å². The topological polar surface area (TPSA) is 126 Å². The van der Waals surface area contributed by atoms with Crippen molar-refractivity contribution in [2.45, 2.75) is 24.0 Å². The van der Waals surface area contributed by atoms with Gasteiger partial charge in [0.2, 0.25) is 0 Å². The first kappa shape index (κ1) is 14.9. The van der Waals surface area contributed by atoms with Gasteiger partial charge in [-0.1, -0.05) is 12.7 Å². The van der Waals surface area contributed by atoms with Gasteiger partial charge in [0.1, 0.15) is 24.1 Å². The van der Waals surface area contributed by atoms with Crippen LogP contribution in [0.25, 0.3) is 11.2 Å². The number of imidazole rings is 1. The Kier molecular flexibility index (Phi) is 3.57. The standard InChI is InChI=1S/C13H17N5O4/c1-3-13(21)9(20)7(4-19)22-12(13)18-6-17-8-10(14-2)15-5-16-11(8)18/h3,5-7,9,12,19-21H,1,4H2,2H3,(H,14,15,16)/t7-,9-,12-,13-/m1/s1. The minimum atomic E-state index is -1.77. The highest BCUT2D eigenvalue weighted by Gasteiger charge is 2.54. The molecule has 0 aliphatic carbocycles. The highest BCUT2D eigenvalue weighted by atomic mass is 16.6. The van der Waals surface area contributed by atoms with Crippen molar-refractivity contribution in [2.24, 2.45) is 0 Å². The maximum atomic E-state index is 10.7. The Morgan fingerprint density at radius 1 is 1.50 bits per heavy atom. The maximum Gasteiger partial charge on any atom is 0.172 e. The van der Waals surface area contributed by atoms with Crippen molar-refractivity contribution in [3.8, 4) is 0 Å². The number of nitrogens with one attached hydrogen (secondary N) is 1. The van der Waals surface area contributed by atoms with Crippen LogP contribution in [0.3, 0.4) is 0 Å². The number of fused-ring (bicyclic) bond motifs is 1. The summed E-state index contributed by atoms with van der Waals surface area (Å²) in [7, 11) is 1.71. The van der Waals surface area contributed by atoms with Crippen molar-refractivity contribution in [1.82, 2.24) is 19.5 Å². The minimum Gasteiger partial charge on any atom is -0.394 e. The SMILES string of the molecule is C=C[C@@]1(O)[C@H](O)[C@@H](CO)O[C@H]1n1cnc2c(NC)ncnc21. The first-order chi connectivity index (χ1) is 10.6. The molecule has 0 spiro atoms. The Bertz CT molecular complexity index is 705. The van der Waals surface area contributed by atoms with Gasteiger partial charge in [-0.15, -0.1) is 0 Å². The van der Waals surface area contributed by atoms with Crippen LogP contribution in [0, 0.1) is 0 Å². The van der Waals surface area contributed by atoms with Crippen LogP contribution >= 0.6 is 0 Å². The van der Waals surface area contributed by atoms with E-state index < -0.39 is 30.6 Å². The summed E-state index contributed by atoms with van der Waals surface area (Å²) in [5.74, 6) is 0.531.